The molecule has 2 aromatic rings. The van der Waals surface area contributed by atoms with Gasteiger partial charge in [-0.2, -0.15) is 0 Å². The van der Waals surface area contributed by atoms with Crippen molar-refractivity contribution in [3.05, 3.63) is 63.8 Å². The van der Waals surface area contributed by atoms with Gasteiger partial charge in [-0.05, 0) is 27.1 Å². The first-order valence-electron chi connectivity index (χ1n) is 5.82. The lowest BCUT2D eigenvalue weighted by Crippen LogP contribution is -2.06. The summed E-state index contributed by atoms with van der Waals surface area (Å²) in [6, 6.07) is 10.9. The van der Waals surface area contributed by atoms with Crippen molar-refractivity contribution in [2.24, 2.45) is 5.73 Å². The SMILES string of the molecule is NCc1ccccc1CNc1ccc([N+](=O)[O-])nc1. The first-order chi connectivity index (χ1) is 9.20. The van der Waals surface area contributed by atoms with Gasteiger partial charge in [-0.1, -0.05) is 24.3 Å². The summed E-state index contributed by atoms with van der Waals surface area (Å²) in [5.41, 5.74) is 8.57. The molecule has 0 fully saturated rings. The molecule has 0 amide bonds. The molecule has 2 rings (SSSR count). The average Bonchev–Trinajstić information content (AvgIpc) is 2.45. The van der Waals surface area contributed by atoms with E-state index in [0.717, 1.165) is 16.8 Å². The van der Waals surface area contributed by atoms with Crippen LogP contribution in [0.25, 0.3) is 0 Å². The minimum Gasteiger partial charge on any atom is -0.378 e. The lowest BCUT2D eigenvalue weighted by Gasteiger charge is -2.09. The van der Waals surface area contributed by atoms with Crippen molar-refractivity contribution in [2.45, 2.75) is 13.1 Å². The van der Waals surface area contributed by atoms with Crippen LogP contribution in [0.2, 0.25) is 0 Å². The fourth-order valence-electron chi connectivity index (χ4n) is 1.73. The summed E-state index contributed by atoms with van der Waals surface area (Å²) in [5, 5.41) is 13.6. The van der Waals surface area contributed by atoms with Crippen molar-refractivity contribution in [3.63, 3.8) is 0 Å². The maximum absolute atomic E-state index is 10.5. The average molecular weight is 258 g/mol. The Kier molecular flexibility index (Phi) is 4.04. The summed E-state index contributed by atoms with van der Waals surface area (Å²) in [7, 11) is 0. The molecule has 0 aliphatic heterocycles. The molecule has 1 heterocycles. The van der Waals surface area contributed by atoms with Crippen LogP contribution >= 0.6 is 0 Å². The van der Waals surface area contributed by atoms with E-state index >= 15 is 0 Å². The third-order valence-corrected chi connectivity index (χ3v) is 2.76. The maximum atomic E-state index is 10.5. The molecule has 0 atom stereocenters. The number of anilines is 1. The Morgan fingerprint density at radius 2 is 1.95 bits per heavy atom. The highest BCUT2D eigenvalue weighted by Crippen LogP contribution is 2.14. The number of hydrogen-bond acceptors (Lipinski definition) is 5. The minimum atomic E-state index is -0.520. The van der Waals surface area contributed by atoms with Crippen LogP contribution in [0.4, 0.5) is 11.5 Å². The lowest BCUT2D eigenvalue weighted by atomic mass is 10.1. The van der Waals surface area contributed by atoms with Crippen LogP contribution in [0.3, 0.4) is 0 Å². The van der Waals surface area contributed by atoms with Crippen LogP contribution in [-0.4, -0.2) is 9.91 Å². The highest BCUT2D eigenvalue weighted by molar-refractivity contribution is 5.44. The molecule has 0 saturated heterocycles. The highest BCUT2D eigenvalue weighted by atomic mass is 16.6. The standard InChI is InChI=1S/C13H14N4O2/c14-7-10-3-1-2-4-11(10)8-15-12-5-6-13(16-9-12)17(18)19/h1-6,9,15H,7-8,14H2. The molecule has 0 spiro atoms. The monoisotopic (exact) mass is 258 g/mol. The van der Waals surface area contributed by atoms with Gasteiger partial charge in [0, 0.05) is 19.2 Å². The number of hydrogen-bond donors (Lipinski definition) is 2. The fourth-order valence-corrected chi connectivity index (χ4v) is 1.73. The quantitative estimate of drug-likeness (QED) is 0.632. The Bertz CT molecular complexity index is 569. The topological polar surface area (TPSA) is 94.1 Å². The van der Waals surface area contributed by atoms with E-state index in [1.165, 1.54) is 12.3 Å². The Hall–Kier alpha value is -2.47. The number of nitro groups is 1. The van der Waals surface area contributed by atoms with Crippen LogP contribution < -0.4 is 11.1 Å². The van der Waals surface area contributed by atoms with E-state index in [4.69, 9.17) is 5.73 Å². The van der Waals surface area contributed by atoms with Gasteiger partial charge in [-0.3, -0.25) is 0 Å². The summed E-state index contributed by atoms with van der Waals surface area (Å²) >= 11 is 0. The van der Waals surface area contributed by atoms with Crippen molar-refractivity contribution in [2.75, 3.05) is 5.32 Å². The third-order valence-electron chi connectivity index (χ3n) is 2.76. The second kappa shape index (κ2) is 5.92. The van der Waals surface area contributed by atoms with Crippen LogP contribution in [-0.2, 0) is 13.1 Å². The van der Waals surface area contributed by atoms with E-state index in [0.29, 0.717) is 13.1 Å². The van der Waals surface area contributed by atoms with Gasteiger partial charge in [0.1, 0.15) is 0 Å². The zero-order chi connectivity index (χ0) is 13.7. The molecular formula is C13H14N4O2. The van der Waals surface area contributed by atoms with Gasteiger partial charge in [0.05, 0.1) is 5.69 Å². The van der Waals surface area contributed by atoms with E-state index in [2.05, 4.69) is 10.3 Å². The summed E-state index contributed by atoms with van der Waals surface area (Å²) in [6.45, 7) is 1.09. The van der Waals surface area contributed by atoms with E-state index in [1.807, 2.05) is 24.3 Å². The molecule has 1 aromatic carbocycles. The van der Waals surface area contributed by atoms with Crippen LogP contribution in [0.15, 0.2) is 42.6 Å². The molecule has 0 aliphatic rings. The molecular weight excluding hydrogens is 244 g/mol. The second-order valence-corrected chi connectivity index (χ2v) is 3.99. The first kappa shape index (κ1) is 13.0. The zero-order valence-electron chi connectivity index (χ0n) is 10.2. The lowest BCUT2D eigenvalue weighted by molar-refractivity contribution is -0.389. The molecule has 0 aliphatic carbocycles. The van der Waals surface area contributed by atoms with E-state index in [9.17, 15) is 10.1 Å². The molecule has 6 heteroatoms. The van der Waals surface area contributed by atoms with Crippen molar-refractivity contribution < 1.29 is 4.92 Å². The number of pyridine rings is 1. The van der Waals surface area contributed by atoms with E-state index in [-0.39, 0.29) is 5.82 Å². The Morgan fingerprint density at radius 1 is 1.21 bits per heavy atom. The molecule has 3 N–H and O–H groups in total. The zero-order valence-corrected chi connectivity index (χ0v) is 10.2. The first-order valence-corrected chi connectivity index (χ1v) is 5.82. The van der Waals surface area contributed by atoms with Gasteiger partial charge in [0.2, 0.25) is 0 Å². The van der Waals surface area contributed by atoms with Gasteiger partial charge >= 0.3 is 5.82 Å². The van der Waals surface area contributed by atoms with Gasteiger partial charge in [-0.15, -0.1) is 0 Å². The van der Waals surface area contributed by atoms with Gasteiger partial charge in [0.25, 0.3) is 0 Å². The molecule has 0 saturated carbocycles. The highest BCUT2D eigenvalue weighted by Gasteiger charge is 2.06. The van der Waals surface area contributed by atoms with Crippen LogP contribution in [0.5, 0.6) is 0 Å². The molecule has 98 valence electrons. The Balaban J connectivity index is 2.04. The molecule has 6 nitrogen and oxygen atoms in total. The van der Waals surface area contributed by atoms with Gasteiger partial charge in [0.15, 0.2) is 6.20 Å². The molecule has 19 heavy (non-hydrogen) atoms. The Morgan fingerprint density at radius 3 is 2.53 bits per heavy atom. The van der Waals surface area contributed by atoms with Crippen molar-refractivity contribution in [3.8, 4) is 0 Å². The van der Waals surface area contributed by atoms with Gasteiger partial charge in [-0.25, -0.2) is 0 Å². The van der Waals surface area contributed by atoms with Crippen molar-refractivity contribution >= 4 is 11.5 Å². The summed E-state index contributed by atoms with van der Waals surface area (Å²) in [4.78, 5) is 13.7. The third kappa shape index (κ3) is 3.26. The number of benzene rings is 1. The minimum absolute atomic E-state index is 0.159. The fraction of sp³-hybridized carbons (Fsp3) is 0.154. The molecule has 0 radical (unpaired) electrons. The largest absolute Gasteiger partial charge is 0.378 e. The molecule has 0 bridgehead atoms. The molecule has 0 unspecified atom stereocenters. The number of rotatable bonds is 5. The number of aromatic nitrogens is 1. The predicted octanol–water partition coefficient (Wildman–Crippen LogP) is 2.06. The van der Waals surface area contributed by atoms with Gasteiger partial charge < -0.3 is 21.2 Å². The Labute approximate surface area is 110 Å². The second-order valence-electron chi connectivity index (χ2n) is 3.99. The number of nitrogens with one attached hydrogen (secondary N) is 1. The van der Waals surface area contributed by atoms with Crippen molar-refractivity contribution in [1.29, 1.82) is 0 Å². The number of nitrogens with zero attached hydrogens (tertiary/aromatic N) is 2. The predicted molar refractivity (Wildman–Crippen MR) is 72.6 cm³/mol. The summed E-state index contributed by atoms with van der Waals surface area (Å²) < 4.78 is 0. The maximum Gasteiger partial charge on any atom is 0.363 e. The number of nitrogens with two attached hydrogens (primary N) is 1. The molecule has 1 aromatic heterocycles. The smallest absolute Gasteiger partial charge is 0.363 e. The van der Waals surface area contributed by atoms with Crippen molar-refractivity contribution in [1.82, 2.24) is 4.98 Å². The van der Waals surface area contributed by atoms with E-state index in [1.54, 1.807) is 6.07 Å². The van der Waals surface area contributed by atoms with Crippen LogP contribution in [0, 0.1) is 10.1 Å². The normalized spacial score (nSPS) is 10.2. The van der Waals surface area contributed by atoms with Crippen LogP contribution in [0.1, 0.15) is 11.1 Å². The summed E-state index contributed by atoms with van der Waals surface area (Å²) in [6.07, 6.45) is 1.45. The van der Waals surface area contributed by atoms with E-state index < -0.39 is 4.92 Å². The summed E-state index contributed by atoms with van der Waals surface area (Å²) in [5.74, 6) is -0.159.